The number of fused-ring (bicyclic) bond motifs is 1. The number of H-pyrrole nitrogens is 1. The lowest BCUT2D eigenvalue weighted by Crippen LogP contribution is -2.37. The van der Waals surface area contributed by atoms with Gasteiger partial charge in [-0.2, -0.15) is 0 Å². The highest BCUT2D eigenvalue weighted by Gasteiger charge is 2.51. The fraction of sp³-hybridized carbons (Fsp3) is 0.526. The second kappa shape index (κ2) is 11.7. The number of aromatic amines is 1. The normalized spacial score (nSPS) is 30.0. The molecule has 2 fully saturated rings. The third-order valence-electron chi connectivity index (χ3n) is 6.21. The first-order chi connectivity index (χ1) is 19.4. The van der Waals surface area contributed by atoms with Crippen LogP contribution in [0, 0.1) is 0 Å². The van der Waals surface area contributed by atoms with E-state index in [1.54, 1.807) is 0 Å². The van der Waals surface area contributed by atoms with E-state index >= 15 is 4.39 Å². The molecule has 2 saturated heterocycles. The van der Waals surface area contributed by atoms with E-state index in [0.29, 0.717) is 4.57 Å². The molecule has 22 heteroatoms. The number of phosphoric ester groups is 1. The van der Waals surface area contributed by atoms with Gasteiger partial charge in [-0.05, 0) is 0 Å². The number of nitrogen functional groups attached to an aromatic ring is 1. The van der Waals surface area contributed by atoms with Gasteiger partial charge >= 0.3 is 21.8 Å². The molecule has 5 rings (SSSR count). The number of aromatic nitrogens is 6. The van der Waals surface area contributed by atoms with Gasteiger partial charge < -0.3 is 20.1 Å². The summed E-state index contributed by atoms with van der Waals surface area (Å²) in [4.78, 5) is 56.7. The lowest BCUT2D eigenvalue weighted by Gasteiger charge is -2.24. The van der Waals surface area contributed by atoms with Crippen LogP contribution in [0.5, 0.6) is 0 Å². The van der Waals surface area contributed by atoms with Crippen LogP contribution in [0.1, 0.15) is 18.9 Å². The SMILES string of the molecule is Nc1ncnc2c1ncn2[C@@H]1O[C@H](COP(=O)(O)O[C@@H]2[C@H](F)[C@@H](CO[P+](=O)O)O[C@H]2n2ccc(=O)[nH]c2=O)C[C@H]1F. The molecular formula is C19H22F2N7O11P2+. The monoisotopic (exact) mass is 624 g/mol. The largest absolute Gasteiger partial charge is 0.694 e. The number of hydrogen-bond acceptors (Lipinski definition) is 13. The maximum Gasteiger partial charge on any atom is 0.694 e. The van der Waals surface area contributed by atoms with Crippen LogP contribution in [0.25, 0.3) is 11.2 Å². The highest BCUT2D eigenvalue weighted by atomic mass is 31.2. The van der Waals surface area contributed by atoms with Crippen LogP contribution in [0.4, 0.5) is 14.6 Å². The van der Waals surface area contributed by atoms with Gasteiger partial charge in [-0.25, -0.2) is 33.1 Å². The topological polar surface area (TPSA) is 245 Å². The molecule has 0 aliphatic carbocycles. The van der Waals surface area contributed by atoms with Gasteiger partial charge in [0.25, 0.3) is 5.56 Å². The summed E-state index contributed by atoms with van der Waals surface area (Å²) in [6, 6.07) is 0.906. The van der Waals surface area contributed by atoms with Crippen LogP contribution in [0.3, 0.4) is 0 Å². The number of halogens is 2. The van der Waals surface area contributed by atoms with Gasteiger partial charge in [-0.3, -0.25) is 28.0 Å². The van der Waals surface area contributed by atoms with Crippen molar-refractivity contribution in [1.29, 1.82) is 0 Å². The highest BCUT2D eigenvalue weighted by Crippen LogP contribution is 2.50. The predicted octanol–water partition coefficient (Wildman–Crippen LogP) is -0.0117. The minimum Gasteiger partial charge on any atom is -0.382 e. The summed E-state index contributed by atoms with van der Waals surface area (Å²) in [6.45, 7) is -1.45. The van der Waals surface area contributed by atoms with Crippen LogP contribution >= 0.6 is 16.1 Å². The van der Waals surface area contributed by atoms with E-state index in [-0.39, 0.29) is 23.4 Å². The van der Waals surface area contributed by atoms with Crippen LogP contribution < -0.4 is 17.0 Å². The second-order valence-corrected chi connectivity index (χ2v) is 11.0. The van der Waals surface area contributed by atoms with Gasteiger partial charge in [0.2, 0.25) is 0 Å². The molecular weight excluding hydrogens is 602 g/mol. The Morgan fingerprint density at radius 2 is 1.98 bits per heavy atom. The van der Waals surface area contributed by atoms with E-state index in [1.807, 2.05) is 4.98 Å². The van der Waals surface area contributed by atoms with E-state index in [1.165, 1.54) is 10.9 Å². The molecule has 18 nitrogen and oxygen atoms in total. The first kappa shape index (κ1) is 29.4. The zero-order chi connectivity index (χ0) is 29.5. The smallest absolute Gasteiger partial charge is 0.382 e. The maximum absolute atomic E-state index is 15.3. The van der Waals surface area contributed by atoms with Crippen LogP contribution in [0.2, 0.25) is 0 Å². The molecule has 222 valence electrons. The van der Waals surface area contributed by atoms with Crippen molar-refractivity contribution < 1.29 is 50.7 Å². The van der Waals surface area contributed by atoms with Crippen molar-refractivity contribution in [1.82, 2.24) is 29.1 Å². The predicted molar refractivity (Wildman–Crippen MR) is 130 cm³/mol. The van der Waals surface area contributed by atoms with Crippen molar-refractivity contribution >= 4 is 33.1 Å². The fourth-order valence-electron chi connectivity index (χ4n) is 4.40. The Bertz CT molecular complexity index is 1600. The van der Waals surface area contributed by atoms with Gasteiger partial charge in [0.05, 0.1) is 19.0 Å². The summed E-state index contributed by atoms with van der Waals surface area (Å²) in [5, 5.41) is 0. The molecule has 5 N–H and O–H groups in total. The molecule has 2 aliphatic heterocycles. The number of rotatable bonds is 10. The Labute approximate surface area is 227 Å². The number of alkyl halides is 2. The zero-order valence-corrected chi connectivity index (χ0v) is 22.3. The van der Waals surface area contributed by atoms with Crippen LogP contribution in [-0.4, -0.2) is 82.7 Å². The van der Waals surface area contributed by atoms with Gasteiger partial charge in [0.15, 0.2) is 30.1 Å². The van der Waals surface area contributed by atoms with Crippen LogP contribution in [0.15, 0.2) is 34.5 Å². The molecule has 0 aromatic carbocycles. The van der Waals surface area contributed by atoms with Crippen molar-refractivity contribution in [2.24, 2.45) is 0 Å². The first-order valence-corrected chi connectivity index (χ1v) is 14.3. The first-order valence-electron chi connectivity index (χ1n) is 11.7. The van der Waals surface area contributed by atoms with E-state index < -0.39 is 83.7 Å². The molecule has 0 saturated carbocycles. The van der Waals surface area contributed by atoms with Gasteiger partial charge in [-0.1, -0.05) is 0 Å². The van der Waals surface area contributed by atoms with Crippen molar-refractivity contribution in [3.63, 3.8) is 0 Å². The number of hydrogen-bond donors (Lipinski definition) is 4. The van der Waals surface area contributed by atoms with Gasteiger partial charge in [0.1, 0.15) is 36.8 Å². The summed E-state index contributed by atoms with van der Waals surface area (Å²) >= 11 is 0. The van der Waals surface area contributed by atoms with Crippen molar-refractivity contribution in [3.05, 3.63) is 45.8 Å². The number of nitrogens with two attached hydrogens (primary N) is 1. The number of phosphoric acid groups is 1. The molecule has 9 atom stereocenters. The molecule has 0 spiro atoms. The third kappa shape index (κ3) is 6.25. The molecule has 41 heavy (non-hydrogen) atoms. The van der Waals surface area contributed by atoms with E-state index in [9.17, 15) is 28.0 Å². The Kier molecular flexibility index (Phi) is 8.38. The molecule has 2 aliphatic rings. The zero-order valence-electron chi connectivity index (χ0n) is 20.5. The Morgan fingerprint density at radius 1 is 1.20 bits per heavy atom. The molecule has 5 heterocycles. The quantitative estimate of drug-likeness (QED) is 0.217. The second-order valence-electron chi connectivity index (χ2n) is 8.88. The lowest BCUT2D eigenvalue weighted by atomic mass is 10.1. The van der Waals surface area contributed by atoms with E-state index in [4.69, 9.17) is 29.1 Å². The summed E-state index contributed by atoms with van der Waals surface area (Å²) < 4.78 is 81.2. The minimum atomic E-state index is -5.14. The maximum atomic E-state index is 15.3. The van der Waals surface area contributed by atoms with E-state index in [2.05, 4.69) is 19.5 Å². The Balaban J connectivity index is 1.28. The summed E-state index contributed by atoms with van der Waals surface area (Å²) in [7, 11) is -8.28. The average Bonchev–Trinajstić information content (AvgIpc) is 3.58. The molecule has 0 amide bonds. The van der Waals surface area contributed by atoms with Crippen molar-refractivity contribution in [2.45, 2.75) is 49.5 Å². The molecule has 3 aromatic heterocycles. The molecule has 3 aromatic rings. The third-order valence-corrected chi connectivity index (χ3v) is 7.56. The summed E-state index contributed by atoms with van der Waals surface area (Å²) in [5.74, 6) is 0.0730. The Morgan fingerprint density at radius 3 is 2.71 bits per heavy atom. The van der Waals surface area contributed by atoms with Gasteiger partial charge in [-0.15, -0.1) is 9.42 Å². The summed E-state index contributed by atoms with van der Waals surface area (Å²) in [5.41, 5.74) is 4.32. The molecule has 0 radical (unpaired) electrons. The van der Waals surface area contributed by atoms with Gasteiger partial charge in [0, 0.05) is 23.2 Å². The van der Waals surface area contributed by atoms with Crippen LogP contribution in [-0.2, 0) is 32.2 Å². The van der Waals surface area contributed by atoms with Crippen molar-refractivity contribution in [3.8, 4) is 0 Å². The number of ether oxygens (including phenoxy) is 2. The van der Waals surface area contributed by atoms with E-state index in [0.717, 1.165) is 18.6 Å². The average molecular weight is 624 g/mol. The molecule has 2 unspecified atom stereocenters. The van der Waals surface area contributed by atoms with Crippen molar-refractivity contribution in [2.75, 3.05) is 18.9 Å². The Hall–Kier alpha value is -3.06. The minimum absolute atomic E-state index is 0.0730. The number of nitrogens with zero attached hydrogens (tertiary/aromatic N) is 5. The molecule has 0 bridgehead atoms. The lowest BCUT2D eigenvalue weighted by molar-refractivity contribution is -0.0568. The highest BCUT2D eigenvalue weighted by molar-refractivity contribution is 7.47. The fourth-order valence-corrected chi connectivity index (χ4v) is 5.62. The standard InChI is InChI=1S/C19H21F2N7O11P2/c20-9-3-8(37-17(9)28-7-25-13-15(22)23-6-24-16(13)28)4-36-41(33,34)39-14-12(21)10(5-35-40(31)32)38-18(14)27-2-1-11(29)26-19(27)30/h1-2,6-10,12,14,17-18H,3-5H2,(H4-,22,23,24,26,29,30,31,32,33,34)/p+1/t8-,9+,10+,12+,14+,17+,18+/m0/s1. The number of imidazole rings is 1. The number of anilines is 1. The number of nitrogens with one attached hydrogen (secondary N) is 1. The summed E-state index contributed by atoms with van der Waals surface area (Å²) in [6.07, 6.45) is -8.42.